The third-order valence-electron chi connectivity index (χ3n) is 6.46. The molecule has 1 amide bonds. The number of benzene rings is 2. The minimum absolute atomic E-state index is 0.0107. The summed E-state index contributed by atoms with van der Waals surface area (Å²) < 4.78 is 5.42. The Hall–Kier alpha value is -2.67. The van der Waals surface area contributed by atoms with Crippen LogP contribution in [0.1, 0.15) is 42.5 Å². The van der Waals surface area contributed by atoms with Crippen LogP contribution in [0.5, 0.6) is 0 Å². The van der Waals surface area contributed by atoms with Gasteiger partial charge in [-0.1, -0.05) is 67.6 Å². The maximum atomic E-state index is 13.4. The number of rotatable bonds is 6. The molecule has 2 aromatic carbocycles. The molecule has 4 rings (SSSR count). The summed E-state index contributed by atoms with van der Waals surface area (Å²) in [5, 5.41) is 13.9. The molecule has 0 aliphatic carbocycles. The average Bonchev–Trinajstić information content (AvgIpc) is 3.08. The predicted molar refractivity (Wildman–Crippen MR) is 125 cm³/mol. The highest BCUT2D eigenvalue weighted by atomic mass is 35.5. The van der Waals surface area contributed by atoms with Crippen LogP contribution in [0.3, 0.4) is 0 Å². The molecule has 33 heavy (non-hydrogen) atoms. The molecule has 1 unspecified atom stereocenters. The van der Waals surface area contributed by atoms with E-state index in [4.69, 9.17) is 16.3 Å². The first-order valence-electron chi connectivity index (χ1n) is 11.4. The van der Waals surface area contributed by atoms with Crippen molar-refractivity contribution >= 4 is 29.1 Å². The van der Waals surface area contributed by atoms with E-state index in [9.17, 15) is 14.7 Å². The Morgan fingerprint density at radius 3 is 2.33 bits per heavy atom. The minimum Gasteiger partial charge on any atom is -0.872 e. The largest absolute Gasteiger partial charge is 0.872 e. The van der Waals surface area contributed by atoms with Crippen molar-refractivity contribution in [1.29, 1.82) is 0 Å². The van der Waals surface area contributed by atoms with Crippen LogP contribution in [0.25, 0.3) is 5.76 Å². The Morgan fingerprint density at radius 2 is 1.73 bits per heavy atom. The van der Waals surface area contributed by atoms with Crippen molar-refractivity contribution in [2.75, 3.05) is 39.4 Å². The van der Waals surface area contributed by atoms with E-state index in [0.29, 0.717) is 42.8 Å². The van der Waals surface area contributed by atoms with Crippen molar-refractivity contribution in [2.45, 2.75) is 25.8 Å². The van der Waals surface area contributed by atoms with Crippen LogP contribution < -0.4 is 10.0 Å². The number of carbonyl (C=O) groups is 2. The van der Waals surface area contributed by atoms with Gasteiger partial charge in [-0.25, -0.2) is 0 Å². The van der Waals surface area contributed by atoms with Gasteiger partial charge in [0.25, 0.3) is 5.91 Å². The third-order valence-corrected chi connectivity index (χ3v) is 6.71. The lowest BCUT2D eigenvalue weighted by atomic mass is 9.93. The highest BCUT2D eigenvalue weighted by molar-refractivity contribution is 6.46. The smallest absolute Gasteiger partial charge is 0.295 e. The summed E-state index contributed by atoms with van der Waals surface area (Å²) in [6, 6.07) is 13.6. The van der Waals surface area contributed by atoms with Crippen LogP contribution in [0.4, 0.5) is 0 Å². The highest BCUT2D eigenvalue weighted by Crippen LogP contribution is 2.38. The summed E-state index contributed by atoms with van der Waals surface area (Å²) in [6.07, 6.45) is 0. The Morgan fingerprint density at radius 1 is 1.09 bits per heavy atom. The average molecular weight is 469 g/mol. The first-order chi connectivity index (χ1) is 15.9. The van der Waals surface area contributed by atoms with Crippen LogP contribution >= 0.6 is 11.6 Å². The Labute approximate surface area is 199 Å². The Bertz CT molecular complexity index is 1040. The van der Waals surface area contributed by atoms with E-state index in [0.717, 1.165) is 24.2 Å². The molecule has 2 aliphatic rings. The molecule has 2 heterocycles. The summed E-state index contributed by atoms with van der Waals surface area (Å²) in [4.78, 5) is 29.1. The number of ether oxygens (including phenoxy) is 1. The number of Topliss-reactive ketones (excluding diaryl/α,β-unsaturated/α-hetero) is 1. The quantitative estimate of drug-likeness (QED) is 0.397. The first-order valence-corrected chi connectivity index (χ1v) is 11.8. The number of amides is 1. The molecule has 0 aromatic heterocycles. The molecular weight excluding hydrogens is 440 g/mol. The van der Waals surface area contributed by atoms with E-state index < -0.39 is 23.5 Å². The maximum absolute atomic E-state index is 13.4. The normalized spacial score (nSPS) is 21.2. The lowest BCUT2D eigenvalue weighted by Crippen LogP contribution is -3.14. The van der Waals surface area contributed by atoms with Crippen LogP contribution in [0, 0.1) is 0 Å². The molecular formula is C26H29ClN2O4. The minimum atomic E-state index is -0.718. The fourth-order valence-corrected chi connectivity index (χ4v) is 4.58. The van der Waals surface area contributed by atoms with E-state index >= 15 is 0 Å². The standard InChI is InChI=1S/C26H29ClN2O4/c1-17(2)18-3-5-19(6-4-18)23-22(24(30)20-7-9-21(27)10-8-20)25(31)26(32)29(23)12-11-28-13-15-33-16-14-28/h3-10,17,23,30H,11-16H2,1-2H3. The van der Waals surface area contributed by atoms with Gasteiger partial charge in [-0.2, -0.15) is 0 Å². The lowest BCUT2D eigenvalue weighted by molar-refractivity contribution is -0.907. The number of likely N-dealkylation sites (tertiary alicyclic amines) is 1. The van der Waals surface area contributed by atoms with E-state index in [1.807, 2.05) is 24.3 Å². The van der Waals surface area contributed by atoms with E-state index in [2.05, 4.69) is 13.8 Å². The van der Waals surface area contributed by atoms with Gasteiger partial charge in [0.2, 0.25) is 5.78 Å². The molecule has 6 nitrogen and oxygen atoms in total. The van der Waals surface area contributed by atoms with Crippen molar-refractivity contribution in [2.24, 2.45) is 0 Å². The first kappa shape index (κ1) is 23.5. The topological polar surface area (TPSA) is 74.1 Å². The fraction of sp³-hybridized carbons (Fsp3) is 0.385. The number of quaternary nitrogens is 1. The van der Waals surface area contributed by atoms with E-state index in [1.54, 1.807) is 29.2 Å². The van der Waals surface area contributed by atoms with Crippen LogP contribution in [0.15, 0.2) is 54.1 Å². The summed E-state index contributed by atoms with van der Waals surface area (Å²) >= 11 is 5.97. The van der Waals surface area contributed by atoms with Gasteiger partial charge in [-0.15, -0.1) is 0 Å². The summed E-state index contributed by atoms with van der Waals surface area (Å²) in [5.41, 5.74) is 2.29. The molecule has 174 valence electrons. The molecule has 2 fully saturated rings. The van der Waals surface area contributed by atoms with Crippen molar-refractivity contribution in [1.82, 2.24) is 4.90 Å². The Kier molecular flexibility index (Phi) is 7.17. The molecule has 2 aromatic rings. The molecule has 7 heteroatoms. The maximum Gasteiger partial charge on any atom is 0.295 e. The molecule has 1 atom stereocenters. The predicted octanol–water partition coefficient (Wildman–Crippen LogP) is 1.60. The van der Waals surface area contributed by atoms with Crippen molar-refractivity contribution in [3.63, 3.8) is 0 Å². The van der Waals surface area contributed by atoms with Crippen LogP contribution in [0.2, 0.25) is 5.02 Å². The highest BCUT2D eigenvalue weighted by Gasteiger charge is 2.44. The van der Waals surface area contributed by atoms with Gasteiger partial charge in [-0.3, -0.25) is 9.59 Å². The van der Waals surface area contributed by atoms with Gasteiger partial charge in [0.05, 0.1) is 32.3 Å². The van der Waals surface area contributed by atoms with E-state index in [1.165, 1.54) is 4.90 Å². The molecule has 0 spiro atoms. The zero-order valence-electron chi connectivity index (χ0n) is 19.0. The second-order valence-corrected chi connectivity index (χ2v) is 9.35. The number of nitrogens with zero attached hydrogens (tertiary/aromatic N) is 1. The lowest BCUT2D eigenvalue weighted by Gasteiger charge is -2.30. The second kappa shape index (κ2) is 10.1. The number of nitrogens with one attached hydrogen (secondary N) is 1. The van der Waals surface area contributed by atoms with Gasteiger partial charge in [-0.05, 0) is 34.7 Å². The van der Waals surface area contributed by atoms with Gasteiger partial charge in [0, 0.05) is 10.6 Å². The Balaban J connectivity index is 1.73. The van der Waals surface area contributed by atoms with Gasteiger partial charge in [0.1, 0.15) is 13.1 Å². The zero-order valence-corrected chi connectivity index (χ0v) is 19.7. The van der Waals surface area contributed by atoms with Gasteiger partial charge in [0.15, 0.2) is 0 Å². The molecule has 2 saturated heterocycles. The summed E-state index contributed by atoms with van der Waals surface area (Å²) in [6.45, 7) is 8.42. The van der Waals surface area contributed by atoms with Gasteiger partial charge >= 0.3 is 0 Å². The fourth-order valence-electron chi connectivity index (χ4n) is 4.46. The number of morpholine rings is 1. The SMILES string of the molecule is CC(C)c1ccc(C2C(=C([O-])c3ccc(Cl)cc3)C(=O)C(=O)N2CC[NH+]2CCOCC2)cc1. The summed E-state index contributed by atoms with van der Waals surface area (Å²) in [7, 11) is 0. The van der Waals surface area contributed by atoms with Crippen molar-refractivity contribution < 1.29 is 24.3 Å². The van der Waals surface area contributed by atoms with Crippen molar-refractivity contribution in [3.8, 4) is 0 Å². The zero-order chi connectivity index (χ0) is 23.5. The van der Waals surface area contributed by atoms with Crippen molar-refractivity contribution in [3.05, 3.63) is 75.8 Å². The third kappa shape index (κ3) is 4.98. The summed E-state index contributed by atoms with van der Waals surface area (Å²) in [5.74, 6) is -1.40. The number of carbonyl (C=O) groups excluding carboxylic acids is 2. The van der Waals surface area contributed by atoms with Crippen LogP contribution in [-0.2, 0) is 14.3 Å². The number of halogens is 1. The number of hydrogen-bond acceptors (Lipinski definition) is 4. The number of hydrogen-bond donors (Lipinski definition) is 1. The van der Waals surface area contributed by atoms with Crippen LogP contribution in [-0.4, -0.2) is 56.0 Å². The second-order valence-electron chi connectivity index (χ2n) is 8.91. The molecule has 2 aliphatic heterocycles. The molecule has 0 radical (unpaired) electrons. The number of ketones is 1. The monoisotopic (exact) mass is 468 g/mol. The molecule has 0 bridgehead atoms. The molecule has 0 saturated carbocycles. The molecule has 1 N–H and O–H groups in total. The van der Waals surface area contributed by atoms with E-state index in [-0.39, 0.29) is 5.57 Å². The van der Waals surface area contributed by atoms with Gasteiger partial charge < -0.3 is 19.6 Å².